The first kappa shape index (κ1) is 37.4. The molecule has 1 N–H and O–H groups in total. The van der Waals surface area contributed by atoms with E-state index in [-0.39, 0.29) is 46.3 Å². The number of fused-ring (bicyclic) bond motifs is 4. The third-order valence-electron chi connectivity index (χ3n) is 12.1. The van der Waals surface area contributed by atoms with E-state index in [2.05, 4.69) is 44.2 Å². The maximum absolute atomic E-state index is 14.8. The van der Waals surface area contributed by atoms with Crippen molar-refractivity contribution in [2.45, 2.75) is 76.4 Å². The normalized spacial score (nSPS) is 30.2. The smallest absolute Gasteiger partial charge is 0.286 e. The summed E-state index contributed by atoms with van der Waals surface area (Å²) in [6.45, 7) is 6.14. The van der Waals surface area contributed by atoms with Gasteiger partial charge in [-0.15, -0.1) is 9.46 Å². The topological polar surface area (TPSA) is 134 Å². The van der Waals surface area contributed by atoms with Crippen LogP contribution in [0.1, 0.15) is 82.9 Å². The van der Waals surface area contributed by atoms with E-state index >= 15 is 0 Å². The summed E-state index contributed by atoms with van der Waals surface area (Å²) < 4.78 is 47.3. The van der Waals surface area contributed by atoms with Gasteiger partial charge in [0.2, 0.25) is 5.88 Å². The molecule has 286 valence electrons. The van der Waals surface area contributed by atoms with Gasteiger partial charge in [-0.3, -0.25) is 19.0 Å². The van der Waals surface area contributed by atoms with Crippen LogP contribution >= 0.6 is 0 Å². The number of nitrogens with one attached hydrogen (secondary N) is 1. The largest absolute Gasteiger partial charge is 0.490 e. The van der Waals surface area contributed by atoms with Crippen LogP contribution in [0.4, 0.5) is 5.69 Å². The minimum atomic E-state index is -3.67. The summed E-state index contributed by atoms with van der Waals surface area (Å²) in [6.07, 6.45) is 7.94. The van der Waals surface area contributed by atoms with E-state index in [9.17, 15) is 13.8 Å². The number of rotatable bonds is 5. The van der Waals surface area contributed by atoms with Crippen molar-refractivity contribution in [2.75, 3.05) is 51.7 Å². The number of carbonyl (C=O) groups excluding carboxylic acids is 2. The van der Waals surface area contributed by atoms with Crippen molar-refractivity contribution < 1.29 is 32.7 Å². The molecule has 3 aromatic rings. The molecular formula is C40H53N5O7S. The average Bonchev–Trinajstić information content (AvgIpc) is 3.44. The maximum Gasteiger partial charge on any atom is 0.286 e. The van der Waals surface area contributed by atoms with E-state index in [0.29, 0.717) is 30.6 Å². The van der Waals surface area contributed by atoms with Crippen LogP contribution in [0.25, 0.3) is 0 Å². The van der Waals surface area contributed by atoms with Gasteiger partial charge in [-0.25, -0.2) is 4.21 Å². The number of amides is 2. The summed E-state index contributed by atoms with van der Waals surface area (Å²) >= 11 is 0. The predicted octanol–water partition coefficient (Wildman–Crippen LogP) is 5.65. The van der Waals surface area contributed by atoms with Crippen molar-refractivity contribution >= 4 is 27.4 Å². The Labute approximate surface area is 313 Å². The molecule has 0 radical (unpaired) electrons. The predicted molar refractivity (Wildman–Crippen MR) is 203 cm³/mol. The van der Waals surface area contributed by atoms with Gasteiger partial charge in [0.25, 0.3) is 11.8 Å². The first-order chi connectivity index (χ1) is 25.4. The molecule has 1 aromatic heterocycles. The van der Waals surface area contributed by atoms with Crippen LogP contribution in [-0.2, 0) is 38.3 Å². The number of nitrogens with zero attached hydrogens (tertiary/aromatic N) is 4. The zero-order valence-electron chi connectivity index (χ0n) is 31.8. The molecule has 4 aliphatic rings. The van der Waals surface area contributed by atoms with Gasteiger partial charge in [0.05, 0.1) is 37.4 Å². The van der Waals surface area contributed by atoms with Crippen molar-refractivity contribution in [3.05, 3.63) is 70.4 Å². The van der Waals surface area contributed by atoms with E-state index in [1.54, 1.807) is 27.3 Å². The van der Waals surface area contributed by atoms with E-state index < -0.39 is 21.7 Å². The quantitative estimate of drug-likeness (QED) is 0.352. The molecule has 2 aliphatic heterocycles. The number of hydrogen-bond acceptors (Lipinski definition) is 9. The lowest BCUT2D eigenvalue weighted by Gasteiger charge is -2.46. The van der Waals surface area contributed by atoms with Gasteiger partial charge >= 0.3 is 0 Å². The van der Waals surface area contributed by atoms with Gasteiger partial charge in [0.15, 0.2) is 0 Å². The summed E-state index contributed by atoms with van der Waals surface area (Å²) in [4.78, 5) is 30.2. The Morgan fingerprint density at radius 2 is 1.85 bits per heavy atom. The summed E-state index contributed by atoms with van der Waals surface area (Å²) in [6, 6.07) is 12.2. The molecule has 13 heteroatoms. The molecule has 7 rings (SSSR count). The van der Waals surface area contributed by atoms with Gasteiger partial charge < -0.3 is 23.8 Å². The molecule has 7 atom stereocenters. The van der Waals surface area contributed by atoms with Crippen LogP contribution in [0.2, 0.25) is 0 Å². The number of benzene rings is 2. The second-order valence-corrected chi connectivity index (χ2v) is 17.6. The van der Waals surface area contributed by atoms with Gasteiger partial charge in [0.1, 0.15) is 21.2 Å². The molecule has 2 aliphatic carbocycles. The van der Waals surface area contributed by atoms with Crippen LogP contribution in [0.15, 0.2) is 47.0 Å². The second-order valence-electron chi connectivity index (χ2n) is 15.6. The highest BCUT2D eigenvalue weighted by Gasteiger charge is 2.45. The third kappa shape index (κ3) is 7.44. The number of aryl methyl sites for hydroxylation is 3. The Balaban J connectivity index is 1.31. The fourth-order valence-corrected chi connectivity index (χ4v) is 11.1. The molecule has 2 amide bonds. The highest BCUT2D eigenvalue weighted by Crippen LogP contribution is 2.47. The Morgan fingerprint density at radius 1 is 1.06 bits per heavy atom. The molecule has 2 bridgehead atoms. The van der Waals surface area contributed by atoms with E-state index in [4.69, 9.17) is 18.9 Å². The number of carbonyl (C=O) groups is 2. The molecule has 1 unspecified atom stereocenters. The fraction of sp³-hybridized carbons (Fsp3) is 0.575. The third-order valence-corrected chi connectivity index (χ3v) is 14.0. The first-order valence-corrected chi connectivity index (χ1v) is 20.5. The fourth-order valence-electron chi connectivity index (χ4n) is 9.20. The monoisotopic (exact) mass is 747 g/mol. The number of methoxy groups -OCH3 is 3. The van der Waals surface area contributed by atoms with Gasteiger partial charge in [-0.2, -0.15) is 0 Å². The molecule has 0 saturated heterocycles. The van der Waals surface area contributed by atoms with Gasteiger partial charge in [0, 0.05) is 51.5 Å². The SMILES string of the molecule is COc1nn(C)cc1C(=O)NS1(=O)=NC(=O)c2ccc3c(c2)N(C[C@@H]2CC[C@H]2[C@@H](OC)CC[C@H](OC)[C@H](C)C1)C[C@@]1(CCCc2cc(C)ccc21)CO3. The van der Waals surface area contributed by atoms with Crippen LogP contribution in [-0.4, -0.2) is 84.8 Å². The standard InChI is InChI=1S/C40H53N5O7S/c1-25-9-13-32-27(18-25)8-7-17-40(32)23-45-20-29-10-12-30(29)35(50-5)16-15-34(49-4)26(2)22-53(48,43-38(47)31-21-44(3)41-39(31)51-6)42-37(46)28-11-14-36(52-24-40)33(45)19-28/h9,11,13-14,18-19,21,26,29-30,34-35H,7-8,10,12,15-17,20,22-24H2,1-6H3,(H,42,43,46,47,48)/t26-,29+,30-,34+,35+,40+,53?/m1/s1. The Hall–Kier alpha value is -3.94. The van der Waals surface area contributed by atoms with E-state index in [1.807, 2.05) is 19.1 Å². The summed E-state index contributed by atoms with van der Waals surface area (Å²) in [5.74, 6) is -0.239. The highest BCUT2D eigenvalue weighted by molar-refractivity contribution is 7.92. The molecule has 1 fully saturated rings. The molecule has 53 heavy (non-hydrogen) atoms. The molecular weight excluding hydrogens is 695 g/mol. The summed E-state index contributed by atoms with van der Waals surface area (Å²) in [5, 5.41) is 4.17. The van der Waals surface area contributed by atoms with Gasteiger partial charge in [-0.1, -0.05) is 30.7 Å². The van der Waals surface area contributed by atoms with Crippen molar-refractivity contribution in [3.8, 4) is 11.6 Å². The van der Waals surface area contributed by atoms with E-state index in [1.165, 1.54) is 34.7 Å². The molecule has 1 saturated carbocycles. The first-order valence-electron chi connectivity index (χ1n) is 18.8. The van der Waals surface area contributed by atoms with Crippen LogP contribution in [0, 0.1) is 24.7 Å². The van der Waals surface area contributed by atoms with Crippen LogP contribution in [0.5, 0.6) is 11.6 Å². The van der Waals surface area contributed by atoms with Crippen LogP contribution in [0.3, 0.4) is 0 Å². The minimum Gasteiger partial charge on any atom is -0.490 e. The van der Waals surface area contributed by atoms with Crippen molar-refractivity contribution in [3.63, 3.8) is 0 Å². The lowest BCUT2D eigenvalue weighted by atomic mass is 9.68. The van der Waals surface area contributed by atoms with Gasteiger partial charge in [-0.05, 0) is 98.9 Å². The lowest BCUT2D eigenvalue weighted by Crippen LogP contribution is -2.50. The van der Waals surface area contributed by atoms with Crippen molar-refractivity contribution in [1.82, 2.24) is 14.5 Å². The molecule has 2 aromatic carbocycles. The maximum atomic E-state index is 14.8. The number of hydrogen-bond donors (Lipinski definition) is 1. The Kier molecular flexibility index (Phi) is 10.6. The number of aromatic nitrogens is 2. The summed E-state index contributed by atoms with van der Waals surface area (Å²) in [5.41, 5.74) is 4.97. The number of anilines is 1. The zero-order valence-corrected chi connectivity index (χ0v) is 32.6. The minimum absolute atomic E-state index is 0.0289. The molecule has 12 nitrogen and oxygen atoms in total. The zero-order chi connectivity index (χ0) is 37.5. The molecule has 1 spiro atoms. The Bertz CT molecular complexity index is 1990. The van der Waals surface area contributed by atoms with E-state index in [0.717, 1.165) is 57.3 Å². The highest BCUT2D eigenvalue weighted by atomic mass is 32.2. The Morgan fingerprint density at radius 3 is 2.58 bits per heavy atom. The second kappa shape index (κ2) is 15.1. The lowest BCUT2D eigenvalue weighted by molar-refractivity contribution is -0.0341. The van der Waals surface area contributed by atoms with Crippen molar-refractivity contribution in [2.24, 2.45) is 29.2 Å². The summed E-state index contributed by atoms with van der Waals surface area (Å²) in [7, 11) is 2.83. The molecule has 3 heterocycles. The van der Waals surface area contributed by atoms with Crippen molar-refractivity contribution in [1.29, 1.82) is 0 Å². The average molecular weight is 748 g/mol. The number of ether oxygens (including phenoxy) is 4. The van der Waals surface area contributed by atoms with Crippen LogP contribution < -0.4 is 19.1 Å².